The van der Waals surface area contributed by atoms with Crippen LogP contribution in [0.25, 0.3) is 11.1 Å². The minimum atomic E-state index is 0.0858. The van der Waals surface area contributed by atoms with Crippen molar-refractivity contribution in [3.8, 4) is 11.1 Å². The van der Waals surface area contributed by atoms with E-state index in [0.717, 1.165) is 28.5 Å². The molecule has 2 aliphatic carbocycles. The molecule has 0 nitrogen and oxygen atoms in total. The summed E-state index contributed by atoms with van der Waals surface area (Å²) in [5.41, 5.74) is 4.28. The molecule has 33 heavy (non-hydrogen) atoms. The van der Waals surface area contributed by atoms with E-state index in [-0.39, 0.29) is 5.82 Å². The third kappa shape index (κ3) is 6.09. The van der Waals surface area contributed by atoms with Gasteiger partial charge in [0.1, 0.15) is 5.82 Å². The molecule has 0 spiro atoms. The fraction of sp³-hybridized carbons (Fsp3) is 0.625. The van der Waals surface area contributed by atoms with Crippen LogP contribution >= 0.6 is 0 Å². The molecule has 0 saturated heterocycles. The summed E-state index contributed by atoms with van der Waals surface area (Å²) < 4.78 is 16.3. The molecule has 2 aromatic rings. The monoisotopic (exact) mass is 448 g/mol. The molecule has 0 atom stereocenters. The second kappa shape index (κ2) is 12.2. The van der Waals surface area contributed by atoms with Gasteiger partial charge in [-0.25, -0.2) is 4.39 Å². The van der Waals surface area contributed by atoms with Gasteiger partial charge >= 0.3 is 0 Å². The van der Waals surface area contributed by atoms with Gasteiger partial charge in [0, 0.05) is 5.56 Å². The molecular formula is C32H45F. The Morgan fingerprint density at radius 2 is 1.30 bits per heavy atom. The van der Waals surface area contributed by atoms with E-state index in [1.807, 2.05) is 18.2 Å². The molecular weight excluding hydrogens is 403 g/mol. The van der Waals surface area contributed by atoms with Gasteiger partial charge in [-0.1, -0.05) is 94.8 Å². The van der Waals surface area contributed by atoms with Gasteiger partial charge in [-0.2, -0.15) is 0 Å². The van der Waals surface area contributed by atoms with Gasteiger partial charge in [-0.15, -0.1) is 0 Å². The Balaban J connectivity index is 1.57. The van der Waals surface area contributed by atoms with Crippen LogP contribution in [0.5, 0.6) is 0 Å². The Labute approximate surface area is 202 Å². The number of hydrogen-bond acceptors (Lipinski definition) is 0. The first-order chi connectivity index (χ1) is 16.2. The van der Waals surface area contributed by atoms with Crippen molar-refractivity contribution in [2.24, 2.45) is 11.8 Å². The molecule has 1 heteroatoms. The average molecular weight is 449 g/mol. The molecule has 0 radical (unpaired) electrons. The van der Waals surface area contributed by atoms with Crippen molar-refractivity contribution >= 4 is 0 Å². The maximum atomic E-state index is 16.3. The van der Waals surface area contributed by atoms with E-state index in [1.165, 1.54) is 95.5 Å². The molecule has 0 heterocycles. The number of benzene rings is 2. The van der Waals surface area contributed by atoms with E-state index < -0.39 is 0 Å². The highest BCUT2D eigenvalue weighted by molar-refractivity contribution is 5.66. The Hall–Kier alpha value is -1.63. The summed E-state index contributed by atoms with van der Waals surface area (Å²) in [6.45, 7) is 4.59. The molecule has 0 amide bonds. The number of unbranched alkanes of at least 4 members (excludes halogenated alkanes) is 2. The van der Waals surface area contributed by atoms with Crippen LogP contribution in [0.2, 0.25) is 0 Å². The van der Waals surface area contributed by atoms with Crippen molar-refractivity contribution < 1.29 is 4.39 Å². The molecule has 0 unspecified atom stereocenters. The fourth-order valence-electron chi connectivity index (χ4n) is 6.81. The topological polar surface area (TPSA) is 0 Å². The Kier molecular flexibility index (Phi) is 9.04. The third-order valence-electron chi connectivity index (χ3n) is 8.75. The van der Waals surface area contributed by atoms with Crippen molar-refractivity contribution in [3.63, 3.8) is 0 Å². The molecule has 2 saturated carbocycles. The first-order valence-corrected chi connectivity index (χ1v) is 14.1. The predicted molar refractivity (Wildman–Crippen MR) is 140 cm³/mol. The number of halogens is 1. The predicted octanol–water partition coefficient (Wildman–Crippen LogP) is 10.4. The summed E-state index contributed by atoms with van der Waals surface area (Å²) in [7, 11) is 0. The molecule has 2 aromatic carbocycles. The van der Waals surface area contributed by atoms with Crippen LogP contribution in [0, 0.1) is 17.7 Å². The summed E-state index contributed by atoms with van der Waals surface area (Å²) in [5.74, 6) is 2.79. The number of hydrogen-bond donors (Lipinski definition) is 0. The van der Waals surface area contributed by atoms with Crippen LogP contribution in [-0.4, -0.2) is 0 Å². The van der Waals surface area contributed by atoms with Crippen LogP contribution in [-0.2, 0) is 0 Å². The summed E-state index contributed by atoms with van der Waals surface area (Å²) in [6.07, 6.45) is 18.1. The van der Waals surface area contributed by atoms with Crippen LogP contribution < -0.4 is 0 Å². The van der Waals surface area contributed by atoms with Crippen LogP contribution in [0.1, 0.15) is 127 Å². The van der Waals surface area contributed by atoms with E-state index in [1.54, 1.807) is 0 Å². The first-order valence-electron chi connectivity index (χ1n) is 14.1. The zero-order chi connectivity index (χ0) is 23.0. The summed E-state index contributed by atoms with van der Waals surface area (Å²) in [6, 6.07) is 14.6. The first kappa shape index (κ1) is 24.5. The van der Waals surface area contributed by atoms with Crippen LogP contribution in [0.4, 0.5) is 4.39 Å². The zero-order valence-corrected chi connectivity index (χ0v) is 21.1. The molecule has 0 bridgehead atoms. The van der Waals surface area contributed by atoms with Gasteiger partial charge in [0.15, 0.2) is 0 Å². The lowest BCUT2D eigenvalue weighted by molar-refractivity contribution is 0.290. The van der Waals surface area contributed by atoms with Crippen molar-refractivity contribution in [3.05, 3.63) is 59.4 Å². The van der Waals surface area contributed by atoms with Gasteiger partial charge < -0.3 is 0 Å². The van der Waals surface area contributed by atoms with Crippen molar-refractivity contribution in [2.75, 3.05) is 0 Å². The smallest absolute Gasteiger partial charge is 0.134 e. The van der Waals surface area contributed by atoms with Crippen molar-refractivity contribution in [1.29, 1.82) is 0 Å². The Bertz CT molecular complexity index is 838. The van der Waals surface area contributed by atoms with Crippen molar-refractivity contribution in [1.82, 2.24) is 0 Å². The lowest BCUT2D eigenvalue weighted by atomic mass is 9.71. The summed E-state index contributed by atoms with van der Waals surface area (Å²) in [4.78, 5) is 0. The van der Waals surface area contributed by atoms with Gasteiger partial charge in [0.05, 0.1) is 0 Å². The minimum Gasteiger partial charge on any atom is -0.206 e. The molecule has 4 rings (SSSR count). The molecule has 0 aromatic heterocycles. The number of rotatable bonds is 9. The highest BCUT2D eigenvalue weighted by Crippen LogP contribution is 2.46. The minimum absolute atomic E-state index is 0.0858. The van der Waals surface area contributed by atoms with Gasteiger partial charge in [0.25, 0.3) is 0 Å². The lowest BCUT2D eigenvalue weighted by Crippen LogP contribution is -2.19. The second-order valence-corrected chi connectivity index (χ2v) is 11.0. The SMILES string of the molecule is CCCCC[C@H]1CC[C@H](c2ccc(-c3ccccc3)c(F)c2C2CCC(CCC)CC2)CC1. The Morgan fingerprint density at radius 3 is 1.94 bits per heavy atom. The largest absolute Gasteiger partial charge is 0.206 e. The standard InChI is InChI=1S/C32H45F/c1-3-5-7-11-25-14-18-27(19-15-25)29-22-23-30(26-12-8-6-9-13-26)32(33)31(29)28-20-16-24(10-4-2)17-21-28/h6,8-9,12-13,22-25,27-28H,3-5,7,10-11,14-21H2,1-2H3/t24?,25-,27-,28?. The van der Waals surface area contributed by atoms with Gasteiger partial charge in [0.2, 0.25) is 0 Å². The molecule has 180 valence electrons. The zero-order valence-electron chi connectivity index (χ0n) is 21.1. The average Bonchev–Trinajstić information content (AvgIpc) is 2.86. The summed E-state index contributed by atoms with van der Waals surface area (Å²) >= 11 is 0. The molecule has 2 aliphatic rings. The van der Waals surface area contributed by atoms with Crippen molar-refractivity contribution in [2.45, 2.75) is 116 Å². The lowest BCUT2D eigenvalue weighted by Gasteiger charge is -2.34. The van der Waals surface area contributed by atoms with Gasteiger partial charge in [-0.05, 0) is 91.7 Å². The highest BCUT2D eigenvalue weighted by atomic mass is 19.1. The maximum absolute atomic E-state index is 16.3. The van der Waals surface area contributed by atoms with E-state index in [2.05, 4.69) is 38.1 Å². The fourth-order valence-corrected chi connectivity index (χ4v) is 6.81. The normalized spacial score (nSPS) is 25.8. The second-order valence-electron chi connectivity index (χ2n) is 11.0. The van der Waals surface area contributed by atoms with Gasteiger partial charge in [-0.3, -0.25) is 0 Å². The quantitative estimate of drug-likeness (QED) is 0.335. The van der Waals surface area contributed by atoms with E-state index in [4.69, 9.17) is 0 Å². The molecule has 0 N–H and O–H groups in total. The maximum Gasteiger partial charge on any atom is 0.134 e. The Morgan fingerprint density at radius 1 is 0.667 bits per heavy atom. The van der Waals surface area contributed by atoms with Crippen LogP contribution in [0.15, 0.2) is 42.5 Å². The van der Waals surface area contributed by atoms with Crippen LogP contribution in [0.3, 0.4) is 0 Å². The third-order valence-corrected chi connectivity index (χ3v) is 8.75. The molecule has 0 aliphatic heterocycles. The van der Waals surface area contributed by atoms with E-state index >= 15 is 4.39 Å². The molecule has 2 fully saturated rings. The van der Waals surface area contributed by atoms with E-state index in [0.29, 0.717) is 11.8 Å². The highest BCUT2D eigenvalue weighted by Gasteiger charge is 2.31. The summed E-state index contributed by atoms with van der Waals surface area (Å²) in [5, 5.41) is 0. The van der Waals surface area contributed by atoms with E-state index in [9.17, 15) is 0 Å².